The minimum Gasteiger partial charge on any atom is -0.492 e. The zero-order chi connectivity index (χ0) is 19.3. The summed E-state index contributed by atoms with van der Waals surface area (Å²) in [4.78, 5) is 33.1. The van der Waals surface area contributed by atoms with Crippen molar-refractivity contribution in [1.29, 1.82) is 0 Å². The Balaban J connectivity index is 1.35. The predicted molar refractivity (Wildman–Crippen MR) is 104 cm³/mol. The fourth-order valence-corrected chi connectivity index (χ4v) is 3.30. The molecule has 0 radical (unpaired) electrons. The first kappa shape index (κ1) is 18.0. The van der Waals surface area contributed by atoms with Crippen LogP contribution < -0.4 is 4.74 Å². The normalized spacial score (nSPS) is 14.9. The Labute approximate surface area is 163 Å². The molecular formula is C21H22N4O3. The standard InChI is InChI=1S/C21H22N4O3/c26-20-9-11-24(21(27)18-16-25-10-5-4-8-19(25)22-18)13-12-23(20)14-15-28-17-6-2-1-3-7-17/h1-8,10,16H,9,11-15H2. The van der Waals surface area contributed by atoms with E-state index in [9.17, 15) is 9.59 Å². The fourth-order valence-electron chi connectivity index (χ4n) is 3.30. The molecule has 0 saturated carbocycles. The summed E-state index contributed by atoms with van der Waals surface area (Å²) in [6.07, 6.45) is 3.90. The molecule has 0 N–H and O–H groups in total. The van der Waals surface area contributed by atoms with Crippen molar-refractivity contribution >= 4 is 17.5 Å². The molecule has 7 nitrogen and oxygen atoms in total. The van der Waals surface area contributed by atoms with Gasteiger partial charge in [0.25, 0.3) is 5.91 Å². The van der Waals surface area contributed by atoms with Crippen LogP contribution in [0.5, 0.6) is 5.75 Å². The largest absolute Gasteiger partial charge is 0.492 e. The number of benzene rings is 1. The van der Waals surface area contributed by atoms with Gasteiger partial charge in [0, 0.05) is 38.4 Å². The van der Waals surface area contributed by atoms with Gasteiger partial charge in [-0.25, -0.2) is 4.98 Å². The van der Waals surface area contributed by atoms with Crippen LogP contribution in [0.1, 0.15) is 16.9 Å². The molecule has 0 aliphatic carbocycles. The minimum atomic E-state index is -0.140. The summed E-state index contributed by atoms with van der Waals surface area (Å²) in [5.74, 6) is 0.689. The molecule has 3 aromatic rings. The number of amides is 2. The van der Waals surface area contributed by atoms with Crippen molar-refractivity contribution in [3.63, 3.8) is 0 Å². The van der Waals surface area contributed by atoms with Gasteiger partial charge in [0.2, 0.25) is 5.91 Å². The molecule has 28 heavy (non-hydrogen) atoms. The van der Waals surface area contributed by atoms with E-state index >= 15 is 0 Å². The van der Waals surface area contributed by atoms with Crippen LogP contribution in [0.4, 0.5) is 0 Å². The van der Waals surface area contributed by atoms with Crippen LogP contribution in [0.3, 0.4) is 0 Å². The molecular weight excluding hydrogens is 356 g/mol. The van der Waals surface area contributed by atoms with Gasteiger partial charge in [-0.2, -0.15) is 0 Å². The third-order valence-electron chi connectivity index (χ3n) is 4.83. The van der Waals surface area contributed by atoms with Crippen molar-refractivity contribution in [2.24, 2.45) is 0 Å². The van der Waals surface area contributed by atoms with E-state index in [4.69, 9.17) is 4.74 Å². The number of pyridine rings is 1. The smallest absolute Gasteiger partial charge is 0.274 e. The second-order valence-corrected chi connectivity index (χ2v) is 6.68. The highest BCUT2D eigenvalue weighted by atomic mass is 16.5. The average Bonchev–Trinajstić information content (AvgIpc) is 3.08. The zero-order valence-corrected chi connectivity index (χ0v) is 15.5. The minimum absolute atomic E-state index is 0.0435. The quantitative estimate of drug-likeness (QED) is 0.682. The zero-order valence-electron chi connectivity index (χ0n) is 15.5. The first-order valence-electron chi connectivity index (χ1n) is 9.39. The Morgan fingerprint density at radius 2 is 1.86 bits per heavy atom. The van der Waals surface area contributed by atoms with Crippen LogP contribution in [-0.2, 0) is 4.79 Å². The van der Waals surface area contributed by atoms with Gasteiger partial charge in [-0.15, -0.1) is 0 Å². The van der Waals surface area contributed by atoms with Gasteiger partial charge < -0.3 is 18.9 Å². The van der Waals surface area contributed by atoms with Crippen molar-refractivity contribution < 1.29 is 14.3 Å². The van der Waals surface area contributed by atoms with E-state index in [1.807, 2.05) is 59.1 Å². The molecule has 1 aliphatic heterocycles. The number of nitrogens with zero attached hydrogens (tertiary/aromatic N) is 4. The maximum absolute atomic E-state index is 12.8. The SMILES string of the molecule is O=C1CCN(C(=O)c2cn3ccccc3n2)CCN1CCOc1ccccc1. The van der Waals surface area contributed by atoms with Gasteiger partial charge >= 0.3 is 0 Å². The van der Waals surface area contributed by atoms with Gasteiger partial charge in [0.05, 0.1) is 6.54 Å². The summed E-state index contributed by atoms with van der Waals surface area (Å²) in [5.41, 5.74) is 1.14. The van der Waals surface area contributed by atoms with Crippen molar-refractivity contribution in [1.82, 2.24) is 19.2 Å². The first-order valence-corrected chi connectivity index (χ1v) is 9.39. The lowest BCUT2D eigenvalue weighted by molar-refractivity contribution is -0.130. The van der Waals surface area contributed by atoms with Gasteiger partial charge in [-0.3, -0.25) is 9.59 Å². The maximum atomic E-state index is 12.8. The van der Waals surface area contributed by atoms with E-state index in [0.29, 0.717) is 44.9 Å². The molecule has 144 valence electrons. The van der Waals surface area contributed by atoms with E-state index in [1.165, 1.54) is 0 Å². The topological polar surface area (TPSA) is 67.2 Å². The Morgan fingerprint density at radius 1 is 1.04 bits per heavy atom. The van der Waals surface area contributed by atoms with Gasteiger partial charge in [-0.1, -0.05) is 24.3 Å². The number of rotatable bonds is 5. The first-order chi connectivity index (χ1) is 13.7. The Hall–Kier alpha value is -3.35. The highest BCUT2D eigenvalue weighted by Crippen LogP contribution is 2.12. The molecule has 7 heteroatoms. The van der Waals surface area contributed by atoms with Crippen LogP contribution in [0.2, 0.25) is 0 Å². The summed E-state index contributed by atoms with van der Waals surface area (Å²) in [6.45, 7) is 2.32. The van der Waals surface area contributed by atoms with Crippen molar-refractivity contribution in [2.75, 3.05) is 32.8 Å². The van der Waals surface area contributed by atoms with Crippen LogP contribution >= 0.6 is 0 Å². The lowest BCUT2D eigenvalue weighted by atomic mass is 10.3. The molecule has 3 heterocycles. The second-order valence-electron chi connectivity index (χ2n) is 6.68. The van der Waals surface area contributed by atoms with E-state index in [0.717, 1.165) is 11.4 Å². The molecule has 2 aromatic heterocycles. The molecule has 1 saturated heterocycles. The van der Waals surface area contributed by atoms with Crippen molar-refractivity contribution in [3.05, 3.63) is 66.6 Å². The number of aromatic nitrogens is 2. The summed E-state index contributed by atoms with van der Waals surface area (Å²) in [5, 5.41) is 0. The molecule has 1 aliphatic rings. The number of hydrogen-bond donors (Lipinski definition) is 0. The van der Waals surface area contributed by atoms with E-state index in [2.05, 4.69) is 4.98 Å². The number of carbonyl (C=O) groups excluding carboxylic acids is 2. The van der Waals surface area contributed by atoms with Crippen LogP contribution in [0, 0.1) is 0 Å². The molecule has 0 spiro atoms. The van der Waals surface area contributed by atoms with E-state index in [1.54, 1.807) is 16.0 Å². The third-order valence-corrected chi connectivity index (χ3v) is 4.83. The summed E-state index contributed by atoms with van der Waals surface area (Å²) < 4.78 is 7.51. The molecule has 1 aromatic carbocycles. The van der Waals surface area contributed by atoms with Crippen LogP contribution in [0.15, 0.2) is 60.9 Å². The molecule has 0 atom stereocenters. The Kier molecular flexibility index (Phi) is 5.23. The molecule has 0 unspecified atom stereocenters. The molecule has 1 fully saturated rings. The predicted octanol–water partition coefficient (Wildman–Crippen LogP) is 2.09. The highest BCUT2D eigenvalue weighted by molar-refractivity contribution is 5.93. The average molecular weight is 378 g/mol. The Bertz CT molecular complexity index is 937. The molecule has 2 amide bonds. The monoisotopic (exact) mass is 378 g/mol. The second kappa shape index (κ2) is 8.12. The molecule has 4 rings (SSSR count). The van der Waals surface area contributed by atoms with E-state index < -0.39 is 0 Å². The molecule has 0 bridgehead atoms. The lowest BCUT2D eigenvalue weighted by Crippen LogP contribution is -2.37. The fraction of sp³-hybridized carbons (Fsp3) is 0.286. The van der Waals surface area contributed by atoms with Gasteiger partial charge in [-0.05, 0) is 24.3 Å². The highest BCUT2D eigenvalue weighted by Gasteiger charge is 2.25. The number of ether oxygens (including phenoxy) is 1. The number of para-hydroxylation sites is 1. The van der Waals surface area contributed by atoms with Crippen molar-refractivity contribution in [2.45, 2.75) is 6.42 Å². The summed E-state index contributed by atoms with van der Waals surface area (Å²) in [6, 6.07) is 15.2. The summed E-state index contributed by atoms with van der Waals surface area (Å²) >= 11 is 0. The number of carbonyl (C=O) groups is 2. The Morgan fingerprint density at radius 3 is 2.68 bits per heavy atom. The number of fused-ring (bicyclic) bond motifs is 1. The summed E-state index contributed by atoms with van der Waals surface area (Å²) in [7, 11) is 0. The van der Waals surface area contributed by atoms with Crippen LogP contribution in [-0.4, -0.2) is 63.8 Å². The van der Waals surface area contributed by atoms with Gasteiger partial charge in [0.15, 0.2) is 0 Å². The van der Waals surface area contributed by atoms with Crippen molar-refractivity contribution in [3.8, 4) is 5.75 Å². The maximum Gasteiger partial charge on any atom is 0.274 e. The van der Waals surface area contributed by atoms with Crippen LogP contribution in [0.25, 0.3) is 5.65 Å². The lowest BCUT2D eigenvalue weighted by Gasteiger charge is -2.22. The number of imidazole rings is 1. The third kappa shape index (κ3) is 3.98. The number of hydrogen-bond acceptors (Lipinski definition) is 4. The van der Waals surface area contributed by atoms with Gasteiger partial charge in [0.1, 0.15) is 23.7 Å². The van der Waals surface area contributed by atoms with E-state index in [-0.39, 0.29) is 11.8 Å².